The number of rotatable bonds is 2. The number of anilines is 1. The minimum atomic E-state index is 0.842. The van der Waals surface area contributed by atoms with Gasteiger partial charge in [-0.25, -0.2) is 0 Å². The third kappa shape index (κ3) is 2.76. The normalized spacial score (nSPS) is 15.5. The lowest BCUT2D eigenvalue weighted by molar-refractivity contribution is 0.578. The number of halogens is 1. The Hall–Kier alpha value is -1.47. The lowest BCUT2D eigenvalue weighted by atomic mass is 10.0. The molecule has 1 aliphatic rings. The number of hydrogen-bond acceptors (Lipinski definition) is 1. The summed E-state index contributed by atoms with van der Waals surface area (Å²) >= 11 is 6.46. The van der Waals surface area contributed by atoms with E-state index in [9.17, 15) is 0 Å². The largest absolute Gasteiger partial charge is 0.371 e. The van der Waals surface area contributed by atoms with E-state index in [4.69, 9.17) is 11.6 Å². The van der Waals surface area contributed by atoms with E-state index >= 15 is 0 Å². The zero-order valence-electron chi connectivity index (χ0n) is 11.0. The first kappa shape index (κ1) is 12.6. The van der Waals surface area contributed by atoms with Crippen LogP contribution in [0.4, 0.5) is 5.69 Å². The van der Waals surface area contributed by atoms with Gasteiger partial charge in [0.25, 0.3) is 0 Å². The van der Waals surface area contributed by atoms with Crippen molar-refractivity contribution in [1.29, 1.82) is 0 Å². The minimum absolute atomic E-state index is 0.842. The van der Waals surface area contributed by atoms with Crippen molar-refractivity contribution in [3.05, 3.63) is 53.6 Å². The van der Waals surface area contributed by atoms with Gasteiger partial charge < -0.3 is 4.90 Å². The molecule has 1 aliphatic heterocycles. The second-order valence-corrected chi connectivity index (χ2v) is 5.49. The molecule has 0 radical (unpaired) electrons. The van der Waals surface area contributed by atoms with Crippen molar-refractivity contribution in [2.75, 3.05) is 18.0 Å². The van der Waals surface area contributed by atoms with Crippen molar-refractivity contribution in [3.63, 3.8) is 0 Å². The number of nitrogens with zero attached hydrogens (tertiary/aromatic N) is 1. The Morgan fingerprint density at radius 3 is 2.26 bits per heavy atom. The first-order chi connectivity index (χ1) is 9.34. The molecule has 1 heterocycles. The summed E-state index contributed by atoms with van der Waals surface area (Å²) in [6, 6.07) is 16.8. The molecule has 0 bridgehead atoms. The fourth-order valence-corrected chi connectivity index (χ4v) is 2.99. The third-order valence-electron chi connectivity index (χ3n) is 3.76. The van der Waals surface area contributed by atoms with Gasteiger partial charge in [0.05, 0.1) is 5.02 Å². The molecular weight excluding hydrogens is 254 g/mol. The molecule has 1 nitrogen and oxygen atoms in total. The predicted molar refractivity (Wildman–Crippen MR) is 83.0 cm³/mol. The predicted octanol–water partition coefficient (Wildman–Crippen LogP) is 5.00. The van der Waals surface area contributed by atoms with Gasteiger partial charge in [0.1, 0.15) is 0 Å². The Kier molecular flexibility index (Phi) is 3.74. The molecule has 0 aromatic heterocycles. The van der Waals surface area contributed by atoms with Crippen molar-refractivity contribution in [2.45, 2.75) is 19.3 Å². The molecule has 0 spiro atoms. The molecule has 0 unspecified atom stereocenters. The van der Waals surface area contributed by atoms with Gasteiger partial charge in [-0.2, -0.15) is 0 Å². The monoisotopic (exact) mass is 271 g/mol. The molecule has 98 valence electrons. The second-order valence-electron chi connectivity index (χ2n) is 5.08. The highest BCUT2D eigenvalue weighted by atomic mass is 35.5. The smallest absolute Gasteiger partial charge is 0.0504 e. The first-order valence-corrected chi connectivity index (χ1v) is 7.32. The Morgan fingerprint density at radius 2 is 1.58 bits per heavy atom. The van der Waals surface area contributed by atoms with Crippen LogP contribution in [0.25, 0.3) is 11.1 Å². The Bertz CT molecular complexity index is 544. The van der Waals surface area contributed by atoms with Crippen LogP contribution in [0.2, 0.25) is 5.02 Å². The highest BCUT2D eigenvalue weighted by molar-refractivity contribution is 6.33. The highest BCUT2D eigenvalue weighted by Crippen LogP contribution is 2.32. The van der Waals surface area contributed by atoms with Crippen LogP contribution in [0.5, 0.6) is 0 Å². The third-order valence-corrected chi connectivity index (χ3v) is 4.07. The molecule has 3 rings (SSSR count). The summed E-state index contributed by atoms with van der Waals surface area (Å²) < 4.78 is 0. The number of hydrogen-bond donors (Lipinski definition) is 0. The van der Waals surface area contributed by atoms with Gasteiger partial charge in [-0.1, -0.05) is 48.0 Å². The van der Waals surface area contributed by atoms with Crippen LogP contribution in [-0.4, -0.2) is 13.1 Å². The van der Waals surface area contributed by atoms with Crippen molar-refractivity contribution < 1.29 is 0 Å². The molecule has 0 atom stereocenters. The van der Waals surface area contributed by atoms with Crippen LogP contribution in [0, 0.1) is 0 Å². The van der Waals surface area contributed by atoms with Gasteiger partial charge in [0.2, 0.25) is 0 Å². The van der Waals surface area contributed by atoms with Crippen molar-refractivity contribution in [2.24, 2.45) is 0 Å². The van der Waals surface area contributed by atoms with Crippen LogP contribution < -0.4 is 4.90 Å². The maximum Gasteiger partial charge on any atom is 0.0504 e. The van der Waals surface area contributed by atoms with Gasteiger partial charge in [0.15, 0.2) is 0 Å². The summed E-state index contributed by atoms with van der Waals surface area (Å²) in [6.07, 6.45) is 3.93. The van der Waals surface area contributed by atoms with E-state index in [1.54, 1.807) is 0 Å². The van der Waals surface area contributed by atoms with Crippen LogP contribution in [0.15, 0.2) is 48.5 Å². The van der Waals surface area contributed by atoms with E-state index in [0.717, 1.165) is 23.7 Å². The molecule has 1 saturated heterocycles. The summed E-state index contributed by atoms with van der Waals surface area (Å²) in [5, 5.41) is 0.842. The lowest BCUT2D eigenvalue weighted by Gasteiger charge is -2.29. The minimum Gasteiger partial charge on any atom is -0.371 e. The Morgan fingerprint density at radius 1 is 0.842 bits per heavy atom. The van der Waals surface area contributed by atoms with Crippen molar-refractivity contribution in [1.82, 2.24) is 0 Å². The van der Waals surface area contributed by atoms with Gasteiger partial charge in [0, 0.05) is 24.3 Å². The number of benzene rings is 2. The summed E-state index contributed by atoms with van der Waals surface area (Å²) in [4.78, 5) is 2.43. The highest BCUT2D eigenvalue weighted by Gasteiger charge is 2.12. The molecule has 0 amide bonds. The van der Waals surface area contributed by atoms with E-state index in [2.05, 4.69) is 35.2 Å². The number of piperidine rings is 1. The second kappa shape index (κ2) is 5.66. The SMILES string of the molecule is Clc1cc(N2CCCCC2)ccc1-c1ccccc1. The summed E-state index contributed by atoms with van der Waals surface area (Å²) in [5.41, 5.74) is 3.55. The summed E-state index contributed by atoms with van der Waals surface area (Å²) in [5.74, 6) is 0. The van der Waals surface area contributed by atoms with Crippen molar-refractivity contribution in [3.8, 4) is 11.1 Å². The lowest BCUT2D eigenvalue weighted by Crippen LogP contribution is -2.29. The molecule has 0 saturated carbocycles. The average molecular weight is 272 g/mol. The topological polar surface area (TPSA) is 3.24 Å². The molecule has 0 N–H and O–H groups in total. The maximum absolute atomic E-state index is 6.46. The molecule has 2 aromatic rings. The zero-order chi connectivity index (χ0) is 13.1. The summed E-state index contributed by atoms with van der Waals surface area (Å²) in [6.45, 7) is 2.31. The molecule has 2 aromatic carbocycles. The van der Waals surface area contributed by atoms with Crippen molar-refractivity contribution >= 4 is 17.3 Å². The first-order valence-electron chi connectivity index (χ1n) is 6.94. The zero-order valence-corrected chi connectivity index (χ0v) is 11.7. The van der Waals surface area contributed by atoms with Gasteiger partial charge in [-0.05, 0) is 37.0 Å². The van der Waals surface area contributed by atoms with E-state index in [1.807, 2.05) is 18.2 Å². The van der Waals surface area contributed by atoms with Crippen LogP contribution in [0.1, 0.15) is 19.3 Å². The fourth-order valence-electron chi connectivity index (χ4n) is 2.70. The fraction of sp³-hybridized carbons (Fsp3) is 0.294. The van der Waals surface area contributed by atoms with E-state index in [1.165, 1.54) is 30.5 Å². The quantitative estimate of drug-likeness (QED) is 0.743. The van der Waals surface area contributed by atoms with Crippen LogP contribution in [-0.2, 0) is 0 Å². The maximum atomic E-state index is 6.46. The van der Waals surface area contributed by atoms with E-state index in [-0.39, 0.29) is 0 Å². The molecule has 2 heteroatoms. The average Bonchev–Trinajstić information content (AvgIpc) is 2.49. The molecule has 19 heavy (non-hydrogen) atoms. The van der Waals surface area contributed by atoms with Gasteiger partial charge in [-0.15, -0.1) is 0 Å². The molecular formula is C17H18ClN. The van der Waals surface area contributed by atoms with Crippen LogP contribution in [0.3, 0.4) is 0 Å². The standard InChI is InChI=1S/C17H18ClN/c18-17-13-15(19-11-5-2-6-12-19)9-10-16(17)14-7-3-1-4-8-14/h1,3-4,7-10,13H,2,5-6,11-12H2. The molecule has 0 aliphatic carbocycles. The molecule has 1 fully saturated rings. The van der Waals surface area contributed by atoms with E-state index < -0.39 is 0 Å². The van der Waals surface area contributed by atoms with Gasteiger partial charge in [-0.3, -0.25) is 0 Å². The summed E-state index contributed by atoms with van der Waals surface area (Å²) in [7, 11) is 0. The Balaban J connectivity index is 1.89. The van der Waals surface area contributed by atoms with Crippen LogP contribution >= 0.6 is 11.6 Å². The van der Waals surface area contributed by atoms with Gasteiger partial charge >= 0.3 is 0 Å². The van der Waals surface area contributed by atoms with E-state index in [0.29, 0.717) is 0 Å². The Labute approximate surface area is 119 Å².